The molecule has 0 aliphatic carbocycles. The van der Waals surface area contributed by atoms with E-state index in [-0.39, 0.29) is 24.2 Å². The van der Waals surface area contributed by atoms with Crippen LogP contribution in [0.15, 0.2) is 35.3 Å². The first-order valence-corrected chi connectivity index (χ1v) is 12.2. The highest BCUT2D eigenvalue weighted by Crippen LogP contribution is 2.48. The van der Waals surface area contributed by atoms with Gasteiger partial charge in [0.2, 0.25) is 0 Å². The summed E-state index contributed by atoms with van der Waals surface area (Å²) >= 11 is 0. The number of hydrogen-bond donors (Lipinski definition) is 0. The lowest BCUT2D eigenvalue weighted by atomic mass is 9.81. The van der Waals surface area contributed by atoms with Crippen LogP contribution in [0.5, 0.6) is 11.5 Å². The van der Waals surface area contributed by atoms with Crippen molar-refractivity contribution in [3.63, 3.8) is 0 Å². The van der Waals surface area contributed by atoms with E-state index in [0.717, 1.165) is 45.0 Å². The predicted molar refractivity (Wildman–Crippen MR) is 138 cm³/mol. The number of carbonyl (C=O) groups excluding carboxylic acids is 3. The second-order valence-electron chi connectivity index (χ2n) is 10.9. The Balaban J connectivity index is 1.59. The lowest BCUT2D eigenvalue weighted by molar-refractivity contribution is -0.141. The van der Waals surface area contributed by atoms with Crippen LogP contribution < -0.4 is 14.4 Å². The van der Waals surface area contributed by atoms with Gasteiger partial charge in [0.15, 0.2) is 11.5 Å². The number of benzene rings is 2. The predicted octanol–water partition coefficient (Wildman–Crippen LogP) is 3.52. The number of carbonyl (C=O) groups is 3. The number of anilines is 1. The average molecular weight is 506 g/mol. The molecule has 3 aliphatic heterocycles. The second kappa shape index (κ2) is 8.61. The van der Waals surface area contributed by atoms with Gasteiger partial charge in [0.05, 0.1) is 31.2 Å². The third kappa shape index (κ3) is 4.32. The molecule has 194 valence electrons. The average Bonchev–Trinajstić information content (AvgIpc) is 3.30. The summed E-state index contributed by atoms with van der Waals surface area (Å²) in [4.78, 5) is 44.9. The molecule has 9 heteroatoms. The van der Waals surface area contributed by atoms with Crippen LogP contribution >= 0.6 is 0 Å². The van der Waals surface area contributed by atoms with Gasteiger partial charge in [-0.2, -0.15) is 0 Å². The third-order valence-electron chi connectivity index (χ3n) is 6.86. The Morgan fingerprint density at radius 1 is 1.11 bits per heavy atom. The molecule has 0 spiro atoms. The number of hydrogen-bond acceptors (Lipinski definition) is 7. The van der Waals surface area contributed by atoms with Crippen LogP contribution in [0.25, 0.3) is 0 Å². The number of ether oxygens (including phenoxy) is 3. The fourth-order valence-electron chi connectivity index (χ4n) is 5.37. The Bertz CT molecular complexity index is 1360. The maximum Gasteiger partial charge on any atom is 0.332 e. The first-order chi connectivity index (χ1) is 17.4. The zero-order valence-corrected chi connectivity index (χ0v) is 22.0. The van der Waals surface area contributed by atoms with E-state index in [9.17, 15) is 14.4 Å². The molecule has 0 bridgehead atoms. The van der Waals surface area contributed by atoms with Gasteiger partial charge < -0.3 is 19.1 Å². The second-order valence-corrected chi connectivity index (χ2v) is 10.9. The van der Waals surface area contributed by atoms with Crippen molar-refractivity contribution in [3.8, 4) is 11.5 Å². The van der Waals surface area contributed by atoms with Gasteiger partial charge in [-0.15, -0.1) is 0 Å². The van der Waals surface area contributed by atoms with Crippen LogP contribution in [-0.4, -0.2) is 67.0 Å². The van der Waals surface area contributed by atoms with Crippen LogP contribution in [0.4, 0.5) is 10.5 Å². The lowest BCUT2D eigenvalue weighted by Gasteiger charge is -2.31. The van der Waals surface area contributed by atoms with Gasteiger partial charge in [-0.25, -0.2) is 9.69 Å². The highest BCUT2D eigenvalue weighted by atomic mass is 16.5. The van der Waals surface area contributed by atoms with E-state index in [4.69, 9.17) is 14.5 Å². The van der Waals surface area contributed by atoms with Crippen LogP contribution in [0.3, 0.4) is 0 Å². The van der Waals surface area contributed by atoms with Crippen LogP contribution in [0, 0.1) is 0 Å². The topological polar surface area (TPSA) is 97.7 Å². The molecular weight excluding hydrogens is 474 g/mol. The SMILES string of the molecule is COC(=O)CN1CC(=O)N(c2cccc(C3=NC(C)(C)Cc4cc(OC)c5c(c43)CC(C)(C)O5)c2)C1=O. The van der Waals surface area contributed by atoms with Crippen molar-refractivity contribution in [2.24, 2.45) is 4.99 Å². The minimum absolute atomic E-state index is 0.186. The molecule has 2 aromatic rings. The lowest BCUT2D eigenvalue weighted by Crippen LogP contribution is -2.36. The number of methoxy groups -OCH3 is 2. The number of amides is 3. The molecule has 2 aromatic carbocycles. The van der Waals surface area contributed by atoms with Crippen molar-refractivity contribution in [1.82, 2.24) is 4.90 Å². The van der Waals surface area contributed by atoms with Gasteiger partial charge in [0, 0.05) is 23.1 Å². The van der Waals surface area contributed by atoms with Gasteiger partial charge in [-0.05, 0) is 57.9 Å². The van der Waals surface area contributed by atoms with Gasteiger partial charge in [-0.1, -0.05) is 12.1 Å². The minimum Gasteiger partial charge on any atom is -0.493 e. The molecule has 0 radical (unpaired) electrons. The van der Waals surface area contributed by atoms with Gasteiger partial charge in [0.25, 0.3) is 5.91 Å². The Morgan fingerprint density at radius 3 is 2.57 bits per heavy atom. The molecule has 3 aliphatic rings. The molecule has 1 fully saturated rings. The number of imide groups is 1. The maximum absolute atomic E-state index is 13.0. The molecule has 0 unspecified atom stereocenters. The largest absolute Gasteiger partial charge is 0.493 e. The molecule has 3 amide bonds. The standard InChI is InChI=1S/C28H31N3O6/c1-27(2)12-17-11-20(35-5)25-19(13-28(3,4)37-25)23(17)24(29-27)16-8-7-9-18(10-16)31-21(32)14-30(26(31)34)15-22(33)36-6/h7-11H,12-15H2,1-6H3. The number of urea groups is 1. The molecule has 5 rings (SSSR count). The van der Waals surface area contributed by atoms with E-state index >= 15 is 0 Å². The maximum atomic E-state index is 13.0. The smallest absolute Gasteiger partial charge is 0.332 e. The fourth-order valence-corrected chi connectivity index (χ4v) is 5.37. The molecule has 0 atom stereocenters. The van der Waals surface area contributed by atoms with Crippen molar-refractivity contribution in [2.45, 2.75) is 51.7 Å². The Labute approximate surface area is 216 Å². The number of esters is 1. The molecule has 3 heterocycles. The van der Waals surface area contributed by atoms with E-state index in [0.29, 0.717) is 17.9 Å². The molecule has 0 N–H and O–H groups in total. The summed E-state index contributed by atoms with van der Waals surface area (Å²) in [5.74, 6) is 0.460. The molecular formula is C28H31N3O6. The number of nitrogens with zero attached hydrogens (tertiary/aromatic N) is 3. The summed E-state index contributed by atoms with van der Waals surface area (Å²) in [5, 5.41) is 0. The molecule has 0 saturated carbocycles. The van der Waals surface area contributed by atoms with E-state index in [1.165, 1.54) is 12.0 Å². The van der Waals surface area contributed by atoms with Gasteiger partial charge in [0.1, 0.15) is 18.7 Å². The summed E-state index contributed by atoms with van der Waals surface area (Å²) in [6, 6.07) is 8.73. The number of aliphatic imine (C=N–C) groups is 1. The van der Waals surface area contributed by atoms with Gasteiger partial charge >= 0.3 is 12.0 Å². The van der Waals surface area contributed by atoms with Crippen molar-refractivity contribution in [2.75, 3.05) is 32.2 Å². The first-order valence-electron chi connectivity index (χ1n) is 12.2. The monoisotopic (exact) mass is 505 g/mol. The highest BCUT2D eigenvalue weighted by Gasteiger charge is 2.41. The van der Waals surface area contributed by atoms with E-state index in [1.807, 2.05) is 32.0 Å². The Morgan fingerprint density at radius 2 is 1.86 bits per heavy atom. The normalized spacial score (nSPS) is 19.2. The summed E-state index contributed by atoms with van der Waals surface area (Å²) in [5.41, 5.74) is 4.44. The summed E-state index contributed by atoms with van der Waals surface area (Å²) in [7, 11) is 2.89. The van der Waals surface area contributed by atoms with Crippen LogP contribution in [0.2, 0.25) is 0 Å². The van der Waals surface area contributed by atoms with Crippen molar-refractivity contribution in [1.29, 1.82) is 0 Å². The summed E-state index contributed by atoms with van der Waals surface area (Å²) < 4.78 is 16.6. The minimum atomic E-state index is -0.582. The highest BCUT2D eigenvalue weighted by molar-refractivity contribution is 6.21. The summed E-state index contributed by atoms with van der Waals surface area (Å²) in [6.07, 6.45) is 1.44. The fraction of sp³-hybridized carbons (Fsp3) is 0.429. The Hall–Kier alpha value is -3.88. The quantitative estimate of drug-likeness (QED) is 0.456. The molecule has 1 saturated heterocycles. The van der Waals surface area contributed by atoms with Crippen molar-refractivity contribution in [3.05, 3.63) is 52.6 Å². The number of fused-ring (bicyclic) bond motifs is 3. The van der Waals surface area contributed by atoms with E-state index in [1.54, 1.807) is 19.2 Å². The molecule has 9 nitrogen and oxygen atoms in total. The van der Waals surface area contributed by atoms with E-state index in [2.05, 4.69) is 18.6 Å². The Kier molecular flexibility index (Phi) is 5.77. The molecule has 37 heavy (non-hydrogen) atoms. The first kappa shape index (κ1) is 24.8. The van der Waals surface area contributed by atoms with Crippen LogP contribution in [-0.2, 0) is 27.2 Å². The zero-order chi connectivity index (χ0) is 26.7. The van der Waals surface area contributed by atoms with Crippen molar-refractivity contribution < 1.29 is 28.6 Å². The van der Waals surface area contributed by atoms with Gasteiger partial charge in [-0.3, -0.25) is 14.6 Å². The van der Waals surface area contributed by atoms with E-state index < -0.39 is 17.9 Å². The number of rotatable bonds is 5. The third-order valence-corrected chi connectivity index (χ3v) is 6.86. The van der Waals surface area contributed by atoms with Crippen LogP contribution in [0.1, 0.15) is 49.9 Å². The zero-order valence-electron chi connectivity index (χ0n) is 22.0. The van der Waals surface area contributed by atoms with Crippen molar-refractivity contribution >= 4 is 29.3 Å². The summed E-state index contributed by atoms with van der Waals surface area (Å²) in [6.45, 7) is 7.79. The molecule has 0 aromatic heterocycles.